The van der Waals surface area contributed by atoms with E-state index in [2.05, 4.69) is 10.6 Å². The van der Waals surface area contributed by atoms with Gasteiger partial charge in [0.2, 0.25) is 0 Å². The monoisotopic (exact) mass is 390 g/mol. The number of rotatable bonds is 9. The fourth-order valence-electron chi connectivity index (χ4n) is 3.20. The molecular weight excluding hydrogens is 360 g/mol. The molecular formula is C21H30N2O5. The highest BCUT2D eigenvalue weighted by molar-refractivity contribution is 5.96. The molecule has 0 unspecified atom stereocenters. The van der Waals surface area contributed by atoms with Crippen LogP contribution in [0.1, 0.15) is 56.3 Å². The van der Waals surface area contributed by atoms with E-state index in [9.17, 15) is 14.4 Å². The minimum absolute atomic E-state index is 0.299. The van der Waals surface area contributed by atoms with Crippen LogP contribution in [0.2, 0.25) is 0 Å². The van der Waals surface area contributed by atoms with E-state index in [0.29, 0.717) is 30.4 Å². The maximum atomic E-state index is 12.1. The Bertz CT molecular complexity index is 653. The van der Waals surface area contributed by atoms with Crippen molar-refractivity contribution in [3.63, 3.8) is 0 Å². The van der Waals surface area contributed by atoms with E-state index in [1.165, 1.54) is 26.2 Å². The summed E-state index contributed by atoms with van der Waals surface area (Å²) in [5.74, 6) is -0.175. The van der Waals surface area contributed by atoms with Crippen molar-refractivity contribution in [1.82, 2.24) is 10.6 Å². The molecule has 0 spiro atoms. The van der Waals surface area contributed by atoms with E-state index in [0.717, 1.165) is 12.8 Å². The molecule has 7 nitrogen and oxygen atoms in total. The number of carbonyl (C=O) groups excluding carboxylic acids is 3. The van der Waals surface area contributed by atoms with Gasteiger partial charge in [0.25, 0.3) is 11.8 Å². The predicted molar refractivity (Wildman–Crippen MR) is 105 cm³/mol. The van der Waals surface area contributed by atoms with Gasteiger partial charge in [-0.25, -0.2) is 0 Å². The summed E-state index contributed by atoms with van der Waals surface area (Å²) in [5.41, 5.74) is 0.412. The maximum Gasteiger partial charge on any atom is 0.326 e. The second-order valence-corrected chi connectivity index (χ2v) is 7.02. The van der Waals surface area contributed by atoms with Crippen LogP contribution in [0.5, 0.6) is 5.75 Å². The lowest BCUT2D eigenvalue weighted by atomic mass is 9.89. The summed E-state index contributed by atoms with van der Waals surface area (Å²) < 4.78 is 10.4. The second-order valence-electron chi connectivity index (χ2n) is 7.02. The average Bonchev–Trinajstić information content (AvgIpc) is 2.71. The summed E-state index contributed by atoms with van der Waals surface area (Å²) in [4.78, 5) is 36.1. The number of amides is 2. The Morgan fingerprint density at radius 3 is 2.39 bits per heavy atom. The standard InChI is InChI=1S/C21H30N2O5/c1-3-27-18-11-9-17(10-12-18)21(26)23-14-19(24)28-15(2)20(25)22-13-16-7-5-4-6-8-16/h9-12,15-16H,3-8,13-14H2,1-2H3,(H,22,25)(H,23,26)/t15-/m0/s1. The summed E-state index contributed by atoms with van der Waals surface area (Å²) in [6.07, 6.45) is 5.05. The van der Waals surface area contributed by atoms with Crippen LogP contribution in [0.25, 0.3) is 0 Å². The highest BCUT2D eigenvalue weighted by Gasteiger charge is 2.20. The fourth-order valence-corrected chi connectivity index (χ4v) is 3.20. The molecule has 1 fully saturated rings. The van der Waals surface area contributed by atoms with E-state index < -0.39 is 18.0 Å². The molecule has 28 heavy (non-hydrogen) atoms. The second kappa shape index (κ2) is 11.3. The van der Waals surface area contributed by atoms with Crippen molar-refractivity contribution < 1.29 is 23.9 Å². The predicted octanol–water partition coefficient (Wildman–Crippen LogP) is 2.44. The Labute approximate surface area is 166 Å². The summed E-state index contributed by atoms with van der Waals surface area (Å²) in [6, 6.07) is 6.62. The van der Waals surface area contributed by atoms with Crippen LogP contribution in [0.3, 0.4) is 0 Å². The van der Waals surface area contributed by atoms with Gasteiger partial charge in [0.1, 0.15) is 12.3 Å². The van der Waals surface area contributed by atoms with E-state index >= 15 is 0 Å². The molecule has 1 atom stereocenters. The van der Waals surface area contributed by atoms with Crippen LogP contribution in [0, 0.1) is 5.92 Å². The largest absolute Gasteiger partial charge is 0.494 e. The van der Waals surface area contributed by atoms with Gasteiger partial charge in [-0.05, 0) is 56.9 Å². The molecule has 0 heterocycles. The minimum atomic E-state index is -0.890. The van der Waals surface area contributed by atoms with Crippen molar-refractivity contribution >= 4 is 17.8 Å². The van der Waals surface area contributed by atoms with Gasteiger partial charge in [0.05, 0.1) is 6.61 Å². The molecule has 0 aromatic heterocycles. The molecule has 1 aromatic carbocycles. The van der Waals surface area contributed by atoms with E-state index in [-0.39, 0.29) is 12.5 Å². The molecule has 1 aromatic rings. The Hall–Kier alpha value is -2.57. The van der Waals surface area contributed by atoms with Crippen LogP contribution < -0.4 is 15.4 Å². The molecule has 2 rings (SSSR count). The van der Waals surface area contributed by atoms with Gasteiger partial charge in [-0.15, -0.1) is 0 Å². The lowest BCUT2D eigenvalue weighted by Gasteiger charge is -2.22. The Morgan fingerprint density at radius 1 is 1.07 bits per heavy atom. The maximum absolute atomic E-state index is 12.1. The molecule has 154 valence electrons. The van der Waals surface area contributed by atoms with Gasteiger partial charge in [-0.1, -0.05) is 19.3 Å². The molecule has 0 bridgehead atoms. The first-order valence-electron chi connectivity index (χ1n) is 9.97. The molecule has 1 aliphatic carbocycles. The van der Waals surface area contributed by atoms with E-state index in [1.54, 1.807) is 24.3 Å². The first-order valence-corrected chi connectivity index (χ1v) is 9.97. The molecule has 1 saturated carbocycles. The van der Waals surface area contributed by atoms with Crippen molar-refractivity contribution in [1.29, 1.82) is 0 Å². The Balaban J connectivity index is 1.68. The zero-order chi connectivity index (χ0) is 20.4. The zero-order valence-corrected chi connectivity index (χ0v) is 16.7. The van der Waals surface area contributed by atoms with Crippen LogP contribution in [-0.4, -0.2) is 43.6 Å². The lowest BCUT2D eigenvalue weighted by Crippen LogP contribution is -2.40. The molecule has 0 saturated heterocycles. The van der Waals surface area contributed by atoms with Crippen LogP contribution in [0.4, 0.5) is 0 Å². The first-order chi connectivity index (χ1) is 13.5. The number of esters is 1. The van der Waals surface area contributed by atoms with Crippen LogP contribution in [-0.2, 0) is 14.3 Å². The first kappa shape index (κ1) is 21.7. The van der Waals surface area contributed by atoms with Crippen molar-refractivity contribution in [2.45, 2.75) is 52.1 Å². The van der Waals surface area contributed by atoms with Crippen molar-refractivity contribution in [2.75, 3.05) is 19.7 Å². The van der Waals surface area contributed by atoms with Crippen molar-refractivity contribution in [3.8, 4) is 5.75 Å². The molecule has 2 N–H and O–H groups in total. The third-order valence-corrected chi connectivity index (χ3v) is 4.79. The third-order valence-electron chi connectivity index (χ3n) is 4.79. The summed E-state index contributed by atoms with van der Waals surface area (Å²) in [6.45, 7) is 4.27. The number of hydrogen-bond donors (Lipinski definition) is 2. The molecule has 0 aliphatic heterocycles. The molecule has 0 radical (unpaired) electrons. The zero-order valence-electron chi connectivity index (χ0n) is 16.7. The smallest absolute Gasteiger partial charge is 0.326 e. The summed E-state index contributed by atoms with van der Waals surface area (Å²) in [5, 5.41) is 5.34. The third kappa shape index (κ3) is 7.21. The highest BCUT2D eigenvalue weighted by atomic mass is 16.5. The lowest BCUT2D eigenvalue weighted by molar-refractivity contribution is -0.153. The summed E-state index contributed by atoms with van der Waals surface area (Å²) >= 11 is 0. The number of ether oxygens (including phenoxy) is 2. The normalized spacial score (nSPS) is 15.4. The SMILES string of the molecule is CCOc1ccc(C(=O)NCC(=O)O[C@@H](C)C(=O)NCC2CCCCC2)cc1. The van der Waals surface area contributed by atoms with Crippen LogP contribution >= 0.6 is 0 Å². The van der Waals surface area contributed by atoms with Crippen molar-refractivity contribution in [3.05, 3.63) is 29.8 Å². The van der Waals surface area contributed by atoms with Gasteiger partial charge in [-0.3, -0.25) is 14.4 Å². The van der Waals surface area contributed by atoms with Gasteiger partial charge in [-0.2, -0.15) is 0 Å². The number of carbonyl (C=O) groups is 3. The molecule has 1 aliphatic rings. The van der Waals surface area contributed by atoms with Gasteiger partial charge in [0, 0.05) is 12.1 Å². The van der Waals surface area contributed by atoms with Gasteiger partial charge in [0.15, 0.2) is 6.10 Å². The highest BCUT2D eigenvalue weighted by Crippen LogP contribution is 2.22. The quantitative estimate of drug-likeness (QED) is 0.632. The topological polar surface area (TPSA) is 93.7 Å². The fraction of sp³-hybridized carbons (Fsp3) is 0.571. The molecule has 2 amide bonds. The van der Waals surface area contributed by atoms with Gasteiger partial charge < -0.3 is 20.1 Å². The Morgan fingerprint density at radius 2 is 1.75 bits per heavy atom. The van der Waals surface area contributed by atoms with E-state index in [4.69, 9.17) is 9.47 Å². The average molecular weight is 390 g/mol. The Kier molecular flexibility index (Phi) is 8.78. The number of nitrogens with one attached hydrogen (secondary N) is 2. The molecule has 7 heteroatoms. The minimum Gasteiger partial charge on any atom is -0.494 e. The van der Waals surface area contributed by atoms with Gasteiger partial charge >= 0.3 is 5.97 Å². The number of benzene rings is 1. The summed E-state index contributed by atoms with van der Waals surface area (Å²) in [7, 11) is 0. The number of hydrogen-bond acceptors (Lipinski definition) is 5. The van der Waals surface area contributed by atoms with Crippen molar-refractivity contribution in [2.24, 2.45) is 5.92 Å². The van der Waals surface area contributed by atoms with Crippen LogP contribution in [0.15, 0.2) is 24.3 Å². The van der Waals surface area contributed by atoms with E-state index in [1.807, 2.05) is 6.92 Å².